The molecule has 0 aliphatic heterocycles. The molecule has 0 atom stereocenters. The van der Waals surface area contributed by atoms with Crippen LogP contribution in [0.15, 0.2) is 23.4 Å². The lowest BCUT2D eigenvalue weighted by atomic mass is 10.0. The van der Waals surface area contributed by atoms with Crippen LogP contribution in [0.3, 0.4) is 0 Å². The van der Waals surface area contributed by atoms with Gasteiger partial charge in [0.1, 0.15) is 5.82 Å². The molecule has 1 amide bonds. The number of aromatic amines is 1. The summed E-state index contributed by atoms with van der Waals surface area (Å²) in [5.41, 5.74) is 0.618. The lowest BCUT2D eigenvalue weighted by molar-refractivity contribution is -0.113. The van der Waals surface area contributed by atoms with Crippen molar-refractivity contribution in [3.63, 3.8) is 0 Å². The third kappa shape index (κ3) is 4.88. The molecule has 0 spiro atoms. The second-order valence-electron chi connectivity index (χ2n) is 5.89. The molecule has 3 rings (SSSR count). The number of H-pyrrole nitrogens is 1. The molecule has 24 heavy (non-hydrogen) atoms. The molecule has 1 aromatic heterocycles. The van der Waals surface area contributed by atoms with Crippen molar-refractivity contribution in [2.24, 2.45) is 5.92 Å². The minimum atomic E-state index is -0.138. The van der Waals surface area contributed by atoms with Gasteiger partial charge in [0.2, 0.25) is 11.1 Å². The Morgan fingerprint density at radius 3 is 2.83 bits per heavy atom. The summed E-state index contributed by atoms with van der Waals surface area (Å²) in [6.45, 7) is 0. The number of nitrogens with one attached hydrogen (secondary N) is 2. The summed E-state index contributed by atoms with van der Waals surface area (Å²) >= 11 is 13.1. The van der Waals surface area contributed by atoms with Gasteiger partial charge in [-0.2, -0.15) is 0 Å². The first-order valence-electron chi connectivity index (χ1n) is 7.89. The molecule has 8 heteroatoms. The van der Waals surface area contributed by atoms with Crippen LogP contribution in [0.4, 0.5) is 5.69 Å². The molecule has 2 N–H and O–H groups in total. The van der Waals surface area contributed by atoms with Crippen molar-refractivity contribution in [3.05, 3.63) is 34.1 Å². The smallest absolute Gasteiger partial charge is 0.234 e. The van der Waals surface area contributed by atoms with Crippen LogP contribution < -0.4 is 5.32 Å². The van der Waals surface area contributed by atoms with Crippen molar-refractivity contribution in [1.82, 2.24) is 15.2 Å². The van der Waals surface area contributed by atoms with Gasteiger partial charge in [0.25, 0.3) is 0 Å². The van der Waals surface area contributed by atoms with Crippen LogP contribution in [-0.4, -0.2) is 26.8 Å². The fourth-order valence-electron chi connectivity index (χ4n) is 2.82. The number of amides is 1. The first-order valence-corrected chi connectivity index (χ1v) is 9.63. The van der Waals surface area contributed by atoms with Gasteiger partial charge in [0, 0.05) is 12.1 Å². The summed E-state index contributed by atoms with van der Waals surface area (Å²) in [6.07, 6.45) is 6.12. The van der Waals surface area contributed by atoms with E-state index in [2.05, 4.69) is 20.5 Å². The predicted molar refractivity (Wildman–Crippen MR) is 97.9 cm³/mol. The van der Waals surface area contributed by atoms with Gasteiger partial charge < -0.3 is 5.32 Å². The molecule has 2 aromatic rings. The first kappa shape index (κ1) is 17.6. The van der Waals surface area contributed by atoms with E-state index in [0.717, 1.165) is 12.2 Å². The van der Waals surface area contributed by atoms with E-state index in [1.54, 1.807) is 18.2 Å². The molecule has 0 bridgehead atoms. The Kier molecular flexibility index (Phi) is 6.03. The van der Waals surface area contributed by atoms with E-state index in [0.29, 0.717) is 26.8 Å². The summed E-state index contributed by atoms with van der Waals surface area (Å²) in [6, 6.07) is 4.99. The Bertz CT molecular complexity index is 716. The summed E-state index contributed by atoms with van der Waals surface area (Å²) < 4.78 is 0. The second kappa shape index (κ2) is 8.23. The number of nitrogens with zero attached hydrogens (tertiary/aromatic N) is 2. The molecule has 1 aromatic carbocycles. The molecule has 0 saturated heterocycles. The Morgan fingerprint density at radius 2 is 2.08 bits per heavy atom. The number of thioether (sulfide) groups is 1. The van der Waals surface area contributed by atoms with Crippen molar-refractivity contribution < 1.29 is 4.79 Å². The molecular weight excluding hydrogens is 367 g/mol. The van der Waals surface area contributed by atoms with Gasteiger partial charge in [-0.3, -0.25) is 9.89 Å². The van der Waals surface area contributed by atoms with Crippen LogP contribution in [-0.2, 0) is 11.2 Å². The number of carbonyl (C=O) groups is 1. The number of anilines is 1. The number of rotatable bonds is 6. The average molecular weight is 385 g/mol. The number of hydrogen-bond acceptors (Lipinski definition) is 4. The number of halogens is 2. The van der Waals surface area contributed by atoms with Crippen LogP contribution in [0.25, 0.3) is 0 Å². The molecule has 1 heterocycles. The third-order valence-corrected chi connectivity index (χ3v) is 5.59. The van der Waals surface area contributed by atoms with Crippen LogP contribution in [0.2, 0.25) is 10.0 Å². The Morgan fingerprint density at radius 1 is 1.29 bits per heavy atom. The molecular formula is C16H18Cl2N4OS. The van der Waals surface area contributed by atoms with E-state index in [9.17, 15) is 4.79 Å². The van der Waals surface area contributed by atoms with Crippen LogP contribution in [0.1, 0.15) is 31.5 Å². The zero-order valence-corrected chi connectivity index (χ0v) is 15.3. The first-order chi connectivity index (χ1) is 11.6. The highest BCUT2D eigenvalue weighted by atomic mass is 35.5. The number of carbonyl (C=O) groups excluding carboxylic acids is 1. The molecule has 0 unspecified atom stereocenters. The van der Waals surface area contributed by atoms with Gasteiger partial charge in [-0.15, -0.1) is 5.10 Å². The number of aromatic nitrogens is 3. The summed E-state index contributed by atoms with van der Waals surface area (Å²) in [4.78, 5) is 16.4. The minimum absolute atomic E-state index is 0.138. The normalized spacial score (nSPS) is 14.9. The Labute approximate surface area is 154 Å². The molecule has 0 radical (unpaired) electrons. The SMILES string of the molecule is O=C(CSc1n[nH]c(CC2CCCC2)n1)Nc1ccc(Cl)c(Cl)c1. The topological polar surface area (TPSA) is 70.7 Å². The quantitative estimate of drug-likeness (QED) is 0.715. The van der Waals surface area contributed by atoms with Crippen molar-refractivity contribution in [2.75, 3.05) is 11.1 Å². The lowest BCUT2D eigenvalue weighted by Gasteiger charge is -2.05. The zero-order chi connectivity index (χ0) is 16.9. The fraction of sp³-hybridized carbons (Fsp3) is 0.438. The molecule has 1 saturated carbocycles. The monoisotopic (exact) mass is 384 g/mol. The van der Waals surface area contributed by atoms with Gasteiger partial charge in [-0.1, -0.05) is 60.6 Å². The summed E-state index contributed by atoms with van der Waals surface area (Å²) in [5.74, 6) is 1.73. The Hall–Kier alpha value is -1.24. The molecule has 1 aliphatic rings. The average Bonchev–Trinajstić information content (AvgIpc) is 3.21. The van der Waals surface area contributed by atoms with Gasteiger partial charge in [-0.05, 0) is 24.1 Å². The highest BCUT2D eigenvalue weighted by Crippen LogP contribution is 2.28. The maximum absolute atomic E-state index is 12.0. The molecule has 128 valence electrons. The molecule has 5 nitrogen and oxygen atoms in total. The van der Waals surface area contributed by atoms with Crippen LogP contribution in [0, 0.1) is 5.92 Å². The van der Waals surface area contributed by atoms with Gasteiger partial charge in [0.15, 0.2) is 0 Å². The van der Waals surface area contributed by atoms with Gasteiger partial charge >= 0.3 is 0 Å². The highest BCUT2D eigenvalue weighted by Gasteiger charge is 2.17. The van der Waals surface area contributed by atoms with Crippen LogP contribution in [0.5, 0.6) is 0 Å². The van der Waals surface area contributed by atoms with Crippen molar-refractivity contribution in [3.8, 4) is 0 Å². The fourth-order valence-corrected chi connectivity index (χ4v) is 3.74. The Balaban J connectivity index is 1.47. The summed E-state index contributed by atoms with van der Waals surface area (Å²) in [7, 11) is 0. The van der Waals surface area contributed by atoms with Gasteiger partial charge in [-0.25, -0.2) is 4.98 Å². The van der Waals surface area contributed by atoms with E-state index in [4.69, 9.17) is 23.2 Å². The lowest BCUT2D eigenvalue weighted by Crippen LogP contribution is -2.14. The number of benzene rings is 1. The third-order valence-electron chi connectivity index (χ3n) is 4.00. The van der Waals surface area contributed by atoms with Crippen molar-refractivity contribution in [1.29, 1.82) is 0 Å². The second-order valence-corrected chi connectivity index (χ2v) is 7.64. The van der Waals surface area contributed by atoms with E-state index in [1.165, 1.54) is 37.4 Å². The standard InChI is InChI=1S/C16H18Cl2N4OS/c17-12-6-5-11(8-13(12)18)19-15(23)9-24-16-20-14(21-22-16)7-10-3-1-2-4-10/h5-6,8,10H,1-4,7,9H2,(H,19,23)(H,20,21,22). The molecule has 1 fully saturated rings. The van der Waals surface area contributed by atoms with E-state index >= 15 is 0 Å². The predicted octanol–water partition coefficient (Wildman–Crippen LogP) is 4.58. The zero-order valence-electron chi connectivity index (χ0n) is 13.0. The van der Waals surface area contributed by atoms with Crippen LogP contribution >= 0.6 is 35.0 Å². The van der Waals surface area contributed by atoms with E-state index < -0.39 is 0 Å². The summed E-state index contributed by atoms with van der Waals surface area (Å²) in [5, 5.41) is 11.4. The maximum atomic E-state index is 12.0. The number of hydrogen-bond donors (Lipinski definition) is 2. The highest BCUT2D eigenvalue weighted by molar-refractivity contribution is 7.99. The van der Waals surface area contributed by atoms with Crippen molar-refractivity contribution in [2.45, 2.75) is 37.3 Å². The molecule has 1 aliphatic carbocycles. The van der Waals surface area contributed by atoms with Gasteiger partial charge in [0.05, 0.1) is 15.8 Å². The maximum Gasteiger partial charge on any atom is 0.234 e. The largest absolute Gasteiger partial charge is 0.325 e. The minimum Gasteiger partial charge on any atom is -0.325 e. The van der Waals surface area contributed by atoms with E-state index in [1.807, 2.05) is 0 Å². The van der Waals surface area contributed by atoms with E-state index in [-0.39, 0.29) is 11.7 Å². The van der Waals surface area contributed by atoms with Crippen molar-refractivity contribution >= 4 is 46.6 Å².